The maximum absolute atomic E-state index is 10.9. The maximum Gasteiger partial charge on any atom is 0.149 e. The number of carbonyl (C=O) groups excluding carboxylic acids is 1. The van der Waals surface area contributed by atoms with Crippen molar-refractivity contribution < 1.29 is 9.53 Å². The van der Waals surface area contributed by atoms with Crippen LogP contribution < -0.4 is 11.1 Å². The predicted molar refractivity (Wildman–Crippen MR) is 83.7 cm³/mol. The van der Waals surface area contributed by atoms with E-state index in [1.807, 2.05) is 13.8 Å². The fraction of sp³-hybridized carbons (Fsp3) is 0.929. The van der Waals surface area contributed by atoms with Crippen molar-refractivity contribution in [1.82, 2.24) is 5.32 Å². The van der Waals surface area contributed by atoms with Crippen LogP contribution in [-0.2, 0) is 9.53 Å². The summed E-state index contributed by atoms with van der Waals surface area (Å²) in [7, 11) is 0. The first-order chi connectivity index (χ1) is 8.96. The Balaban J connectivity index is 4.30. The molecule has 19 heavy (non-hydrogen) atoms. The molecule has 0 saturated heterocycles. The van der Waals surface area contributed by atoms with E-state index >= 15 is 0 Å². The monoisotopic (exact) mass is 290 g/mol. The van der Waals surface area contributed by atoms with Crippen LogP contribution in [0.5, 0.6) is 0 Å². The van der Waals surface area contributed by atoms with Gasteiger partial charge in [0.25, 0.3) is 0 Å². The smallest absolute Gasteiger partial charge is 0.149 e. The van der Waals surface area contributed by atoms with Gasteiger partial charge in [0.15, 0.2) is 0 Å². The van der Waals surface area contributed by atoms with Crippen LogP contribution in [0.1, 0.15) is 34.1 Å². The van der Waals surface area contributed by atoms with Gasteiger partial charge in [-0.15, -0.1) is 0 Å². The summed E-state index contributed by atoms with van der Waals surface area (Å²) in [5, 5.41) is 3.42. The lowest BCUT2D eigenvalue weighted by atomic mass is 9.99. The van der Waals surface area contributed by atoms with Crippen molar-refractivity contribution in [3.8, 4) is 0 Å². The first-order valence-electron chi connectivity index (χ1n) is 7.12. The van der Waals surface area contributed by atoms with Crippen molar-refractivity contribution in [1.29, 1.82) is 0 Å². The third-order valence-corrected chi connectivity index (χ3v) is 3.94. The minimum atomic E-state index is -0.327. The highest BCUT2D eigenvalue weighted by Gasteiger charge is 2.20. The number of hydrogen-bond donors (Lipinski definition) is 3. The second kappa shape index (κ2) is 10.7. The van der Waals surface area contributed by atoms with Crippen LogP contribution in [0, 0.1) is 11.8 Å². The number of carbonyl (C=O) groups is 1. The summed E-state index contributed by atoms with van der Waals surface area (Å²) in [5.41, 5.74) is 5.86. The largest absolute Gasteiger partial charge is 0.369 e. The highest BCUT2D eigenvalue weighted by atomic mass is 32.1. The summed E-state index contributed by atoms with van der Waals surface area (Å²) in [5.74, 6) is 1.34. The highest BCUT2D eigenvalue weighted by molar-refractivity contribution is 7.80. The van der Waals surface area contributed by atoms with Gasteiger partial charge >= 0.3 is 0 Å². The first kappa shape index (κ1) is 18.9. The molecule has 114 valence electrons. The number of aldehydes is 1. The van der Waals surface area contributed by atoms with E-state index in [0.29, 0.717) is 18.3 Å². The summed E-state index contributed by atoms with van der Waals surface area (Å²) in [6.07, 6.45) is 1.62. The second-order valence-electron chi connectivity index (χ2n) is 5.52. The Bertz CT molecular complexity index is 239. The second-order valence-corrected chi connectivity index (χ2v) is 5.89. The van der Waals surface area contributed by atoms with Crippen molar-refractivity contribution in [2.75, 3.05) is 18.9 Å². The van der Waals surface area contributed by atoms with Crippen LogP contribution >= 0.6 is 12.6 Å². The number of nitrogens with two attached hydrogens (primary N) is 1. The topological polar surface area (TPSA) is 64.3 Å². The number of thiol groups is 1. The SMILES string of the molecule is CCC(C)C(COC(C=O)C(C)C)NC[C@H](N)CS. The zero-order chi connectivity index (χ0) is 14.8. The van der Waals surface area contributed by atoms with Crippen LogP contribution in [0.25, 0.3) is 0 Å². The Morgan fingerprint density at radius 2 is 2.00 bits per heavy atom. The van der Waals surface area contributed by atoms with Gasteiger partial charge < -0.3 is 20.6 Å². The quantitative estimate of drug-likeness (QED) is 0.398. The number of hydrogen-bond acceptors (Lipinski definition) is 5. The molecule has 0 amide bonds. The molecule has 0 aliphatic rings. The maximum atomic E-state index is 10.9. The highest BCUT2D eigenvalue weighted by Crippen LogP contribution is 2.11. The van der Waals surface area contributed by atoms with Crippen molar-refractivity contribution in [3.63, 3.8) is 0 Å². The van der Waals surface area contributed by atoms with Crippen molar-refractivity contribution in [3.05, 3.63) is 0 Å². The van der Waals surface area contributed by atoms with Crippen LogP contribution in [0.2, 0.25) is 0 Å². The van der Waals surface area contributed by atoms with E-state index in [2.05, 4.69) is 31.8 Å². The molecule has 0 fully saturated rings. The molecule has 5 heteroatoms. The third kappa shape index (κ3) is 7.92. The molecular formula is C14H30N2O2S. The average Bonchev–Trinajstić information content (AvgIpc) is 2.40. The van der Waals surface area contributed by atoms with E-state index in [1.54, 1.807) is 0 Å². The minimum absolute atomic E-state index is 0.0434. The van der Waals surface area contributed by atoms with Crippen molar-refractivity contribution >= 4 is 18.9 Å². The minimum Gasteiger partial charge on any atom is -0.369 e. The van der Waals surface area contributed by atoms with E-state index < -0.39 is 0 Å². The van der Waals surface area contributed by atoms with Gasteiger partial charge in [0.2, 0.25) is 0 Å². The van der Waals surface area contributed by atoms with E-state index in [9.17, 15) is 4.79 Å². The zero-order valence-electron chi connectivity index (χ0n) is 12.6. The molecule has 0 spiro atoms. The van der Waals surface area contributed by atoms with Crippen molar-refractivity contribution in [2.24, 2.45) is 17.6 Å². The zero-order valence-corrected chi connectivity index (χ0v) is 13.5. The summed E-state index contributed by atoms with van der Waals surface area (Å²) >= 11 is 4.18. The lowest BCUT2D eigenvalue weighted by Gasteiger charge is -2.27. The van der Waals surface area contributed by atoms with E-state index in [-0.39, 0.29) is 24.1 Å². The van der Waals surface area contributed by atoms with Gasteiger partial charge in [-0.05, 0) is 11.8 Å². The molecule has 4 nitrogen and oxygen atoms in total. The Labute approximate surface area is 123 Å². The van der Waals surface area contributed by atoms with Gasteiger partial charge in [-0.1, -0.05) is 34.1 Å². The molecule has 0 aliphatic carbocycles. The fourth-order valence-electron chi connectivity index (χ4n) is 1.68. The molecule has 0 radical (unpaired) electrons. The Kier molecular flexibility index (Phi) is 10.6. The van der Waals surface area contributed by atoms with Crippen LogP contribution in [0.15, 0.2) is 0 Å². The first-order valence-corrected chi connectivity index (χ1v) is 7.76. The predicted octanol–water partition coefficient (Wildman–Crippen LogP) is 1.49. The molecule has 0 saturated carbocycles. The molecule has 0 heterocycles. The number of rotatable bonds is 11. The number of nitrogens with one attached hydrogen (secondary N) is 1. The van der Waals surface area contributed by atoms with Crippen molar-refractivity contribution in [2.45, 2.75) is 52.3 Å². The molecular weight excluding hydrogens is 260 g/mol. The van der Waals surface area contributed by atoms with Gasteiger partial charge in [0.05, 0.1) is 6.61 Å². The molecule has 0 bridgehead atoms. The molecule has 4 atom stereocenters. The van der Waals surface area contributed by atoms with Crippen LogP contribution in [-0.4, -0.2) is 43.4 Å². The van der Waals surface area contributed by atoms with Crippen LogP contribution in [0.4, 0.5) is 0 Å². The lowest BCUT2D eigenvalue weighted by Crippen LogP contribution is -2.46. The molecule has 0 aliphatic heterocycles. The lowest BCUT2D eigenvalue weighted by molar-refractivity contribution is -0.121. The third-order valence-electron chi connectivity index (χ3n) is 3.47. The standard InChI is InChI=1S/C14H30N2O2S/c1-5-11(4)13(16-6-12(15)9-19)8-18-14(7-17)10(2)3/h7,10-14,16,19H,5-6,8-9,15H2,1-4H3/t11?,12-,13?,14?/m0/s1. The normalized spacial score (nSPS) is 18.1. The molecule has 3 N–H and O–H groups in total. The van der Waals surface area contributed by atoms with Gasteiger partial charge in [0.1, 0.15) is 12.4 Å². The Morgan fingerprint density at radius 1 is 1.37 bits per heavy atom. The molecule has 0 aromatic carbocycles. The summed E-state index contributed by atoms with van der Waals surface area (Å²) < 4.78 is 5.71. The Morgan fingerprint density at radius 3 is 2.42 bits per heavy atom. The summed E-state index contributed by atoms with van der Waals surface area (Å²) in [6, 6.07) is 0.263. The average molecular weight is 290 g/mol. The molecule has 0 rings (SSSR count). The van der Waals surface area contributed by atoms with Gasteiger partial charge in [0, 0.05) is 24.4 Å². The van der Waals surface area contributed by atoms with E-state index in [0.717, 1.165) is 19.3 Å². The Hall–Kier alpha value is -0.100. The fourth-order valence-corrected chi connectivity index (χ4v) is 1.81. The molecule has 0 aromatic rings. The summed E-state index contributed by atoms with van der Waals surface area (Å²) in [6.45, 7) is 9.56. The number of ether oxygens (including phenoxy) is 1. The summed E-state index contributed by atoms with van der Waals surface area (Å²) in [4.78, 5) is 10.9. The van der Waals surface area contributed by atoms with E-state index in [4.69, 9.17) is 10.5 Å². The van der Waals surface area contributed by atoms with Gasteiger partial charge in [-0.25, -0.2) is 0 Å². The molecule has 0 aromatic heterocycles. The van der Waals surface area contributed by atoms with Gasteiger partial charge in [-0.2, -0.15) is 12.6 Å². The van der Waals surface area contributed by atoms with Crippen LogP contribution in [0.3, 0.4) is 0 Å². The molecule has 3 unspecified atom stereocenters. The van der Waals surface area contributed by atoms with E-state index in [1.165, 1.54) is 0 Å². The van der Waals surface area contributed by atoms with Gasteiger partial charge in [-0.3, -0.25) is 0 Å².